The molecule has 2 aromatic carbocycles. The predicted molar refractivity (Wildman–Crippen MR) is 118 cm³/mol. The highest BCUT2D eigenvalue weighted by molar-refractivity contribution is 7.89. The normalized spacial score (nSPS) is 11.3. The number of sulfonamides is 1. The third-order valence-corrected chi connectivity index (χ3v) is 6.53. The molecule has 2 rings (SSSR count). The predicted octanol–water partition coefficient (Wildman–Crippen LogP) is 2.71. The number of para-hydroxylation sites is 2. The number of nitro benzene ring substituents is 1. The fourth-order valence-corrected chi connectivity index (χ4v) is 4.42. The van der Waals surface area contributed by atoms with E-state index in [2.05, 4.69) is 5.32 Å². The Morgan fingerprint density at radius 1 is 1.13 bits per heavy atom. The van der Waals surface area contributed by atoms with Gasteiger partial charge in [-0.25, -0.2) is 8.42 Å². The molecule has 0 aromatic heterocycles. The number of hydrogen-bond acceptors (Lipinski definition) is 7. The van der Waals surface area contributed by atoms with Gasteiger partial charge in [-0.3, -0.25) is 14.9 Å². The van der Waals surface area contributed by atoms with E-state index in [1.165, 1.54) is 34.6 Å². The molecule has 0 unspecified atom stereocenters. The second-order valence-electron chi connectivity index (χ2n) is 6.72. The maximum absolute atomic E-state index is 12.8. The first kappa shape index (κ1) is 24.1. The first-order valence-electron chi connectivity index (χ1n) is 9.59. The van der Waals surface area contributed by atoms with Crippen LogP contribution in [0.25, 0.3) is 0 Å². The van der Waals surface area contributed by atoms with E-state index in [1.54, 1.807) is 45.0 Å². The lowest BCUT2D eigenvalue weighted by Gasteiger charge is -2.22. The zero-order valence-electron chi connectivity index (χ0n) is 17.9. The monoisotopic (exact) mass is 450 g/mol. The van der Waals surface area contributed by atoms with Crippen molar-refractivity contribution in [2.45, 2.75) is 18.7 Å². The number of hydrogen-bond donors (Lipinski definition) is 1. The highest BCUT2D eigenvalue weighted by atomic mass is 32.2. The topological polar surface area (TPSA) is 122 Å². The van der Waals surface area contributed by atoms with Gasteiger partial charge in [-0.2, -0.15) is 4.31 Å². The molecule has 0 saturated carbocycles. The molecule has 31 heavy (non-hydrogen) atoms. The number of carbonyl (C=O) groups excluding carboxylic acids is 1. The van der Waals surface area contributed by atoms with Crippen LogP contribution in [-0.4, -0.2) is 57.3 Å². The average Bonchev–Trinajstić information content (AvgIpc) is 2.72. The average molecular weight is 451 g/mol. The minimum atomic E-state index is -3.72. The molecule has 0 saturated heterocycles. The third-order valence-electron chi connectivity index (χ3n) is 4.49. The van der Waals surface area contributed by atoms with Gasteiger partial charge in [0.1, 0.15) is 0 Å². The molecule has 1 amide bonds. The summed E-state index contributed by atoms with van der Waals surface area (Å²) < 4.78 is 32.3. The van der Waals surface area contributed by atoms with Crippen LogP contribution in [0.5, 0.6) is 5.75 Å². The third kappa shape index (κ3) is 5.70. The number of carbonyl (C=O) groups is 1. The van der Waals surface area contributed by atoms with E-state index in [4.69, 9.17) is 4.74 Å². The van der Waals surface area contributed by atoms with E-state index < -0.39 is 27.5 Å². The van der Waals surface area contributed by atoms with Crippen molar-refractivity contribution in [1.29, 1.82) is 0 Å². The minimum absolute atomic E-state index is 0.0339. The molecule has 0 spiro atoms. The zero-order valence-corrected chi connectivity index (χ0v) is 18.7. The lowest BCUT2D eigenvalue weighted by atomic mass is 10.2. The van der Waals surface area contributed by atoms with E-state index >= 15 is 0 Å². The molecule has 0 atom stereocenters. The second kappa shape index (κ2) is 10.2. The molecule has 2 aromatic rings. The number of benzene rings is 2. The van der Waals surface area contributed by atoms with Gasteiger partial charge in [0.15, 0.2) is 12.4 Å². The first-order valence-corrected chi connectivity index (χ1v) is 11.0. The van der Waals surface area contributed by atoms with Crippen molar-refractivity contribution in [2.24, 2.45) is 0 Å². The van der Waals surface area contributed by atoms with Gasteiger partial charge in [0.25, 0.3) is 5.91 Å². The van der Waals surface area contributed by atoms with E-state index in [0.29, 0.717) is 18.8 Å². The minimum Gasteiger partial charge on any atom is -0.477 e. The van der Waals surface area contributed by atoms with Crippen LogP contribution in [-0.2, 0) is 14.8 Å². The van der Waals surface area contributed by atoms with E-state index in [1.807, 2.05) is 0 Å². The van der Waals surface area contributed by atoms with Gasteiger partial charge in [0, 0.05) is 33.3 Å². The van der Waals surface area contributed by atoms with Crippen LogP contribution in [0.4, 0.5) is 17.1 Å². The van der Waals surface area contributed by atoms with Crippen LogP contribution >= 0.6 is 0 Å². The molecule has 11 heteroatoms. The van der Waals surface area contributed by atoms with Gasteiger partial charge < -0.3 is 15.0 Å². The molecule has 0 fully saturated rings. The summed E-state index contributed by atoms with van der Waals surface area (Å²) in [6, 6.07) is 10.2. The lowest BCUT2D eigenvalue weighted by Crippen LogP contribution is -2.31. The van der Waals surface area contributed by atoms with Crippen molar-refractivity contribution in [2.75, 3.05) is 44.0 Å². The maximum atomic E-state index is 12.8. The number of nitrogens with zero attached hydrogens (tertiary/aromatic N) is 3. The van der Waals surface area contributed by atoms with E-state index in [-0.39, 0.29) is 22.0 Å². The summed E-state index contributed by atoms with van der Waals surface area (Å²) in [5.74, 6) is -0.619. The van der Waals surface area contributed by atoms with Crippen LogP contribution in [0.2, 0.25) is 0 Å². The number of nitrogens with one attached hydrogen (secondary N) is 1. The van der Waals surface area contributed by atoms with Gasteiger partial charge >= 0.3 is 5.69 Å². The highest BCUT2D eigenvalue weighted by Gasteiger charge is 2.23. The van der Waals surface area contributed by atoms with Crippen molar-refractivity contribution >= 4 is 33.0 Å². The molecular weight excluding hydrogens is 424 g/mol. The molecule has 0 aliphatic carbocycles. The summed E-state index contributed by atoms with van der Waals surface area (Å²) in [4.78, 5) is 24.7. The van der Waals surface area contributed by atoms with Crippen LogP contribution in [0.3, 0.4) is 0 Å². The molecule has 1 N–H and O–H groups in total. The summed E-state index contributed by atoms with van der Waals surface area (Å²) in [5.41, 5.74) is 0.628. The van der Waals surface area contributed by atoms with Crippen molar-refractivity contribution in [3.63, 3.8) is 0 Å². The van der Waals surface area contributed by atoms with Crippen molar-refractivity contribution in [3.05, 3.63) is 52.6 Å². The summed E-state index contributed by atoms with van der Waals surface area (Å²) in [5, 5.41) is 13.7. The largest absolute Gasteiger partial charge is 0.477 e. The fourth-order valence-electron chi connectivity index (χ4n) is 2.94. The molecule has 0 radical (unpaired) electrons. The number of nitro groups is 1. The summed E-state index contributed by atoms with van der Waals surface area (Å²) in [6.07, 6.45) is 0. The quantitative estimate of drug-likeness (QED) is 0.436. The molecule has 0 heterocycles. The standard InChI is InChI=1S/C20H26N4O6S/c1-5-23(6-2)31(28,29)15-11-12-17(22(3)4)16(13-15)21-20(25)14-30-19-10-8-7-9-18(19)24(26)27/h7-13H,5-6,14H2,1-4H3,(H,21,25). The Morgan fingerprint density at radius 3 is 2.35 bits per heavy atom. The van der Waals surface area contributed by atoms with Crippen molar-refractivity contribution in [1.82, 2.24) is 4.31 Å². The van der Waals surface area contributed by atoms with Crippen LogP contribution in [0.15, 0.2) is 47.4 Å². The fraction of sp³-hybridized carbons (Fsp3) is 0.350. The van der Waals surface area contributed by atoms with Gasteiger partial charge in [0.05, 0.1) is 21.2 Å². The SMILES string of the molecule is CCN(CC)S(=O)(=O)c1ccc(N(C)C)c(NC(=O)COc2ccccc2[N+](=O)[O-])c1. The number of amides is 1. The Labute approximate surface area is 181 Å². The zero-order chi connectivity index (χ0) is 23.2. The highest BCUT2D eigenvalue weighted by Crippen LogP contribution is 2.29. The first-order chi connectivity index (χ1) is 14.6. The van der Waals surface area contributed by atoms with Gasteiger partial charge in [-0.05, 0) is 24.3 Å². The Morgan fingerprint density at radius 2 is 1.77 bits per heavy atom. The van der Waals surface area contributed by atoms with Crippen molar-refractivity contribution < 1.29 is 22.9 Å². The number of anilines is 2. The Balaban J connectivity index is 2.27. The molecule has 0 aliphatic rings. The van der Waals surface area contributed by atoms with E-state index in [0.717, 1.165) is 0 Å². The summed E-state index contributed by atoms with van der Waals surface area (Å²) in [6.45, 7) is 3.65. The van der Waals surface area contributed by atoms with Gasteiger partial charge in [-0.15, -0.1) is 0 Å². The Kier molecular flexibility index (Phi) is 7.95. The van der Waals surface area contributed by atoms with Crippen LogP contribution < -0.4 is 15.0 Å². The second-order valence-corrected chi connectivity index (χ2v) is 8.66. The maximum Gasteiger partial charge on any atom is 0.310 e. The van der Waals surface area contributed by atoms with Crippen molar-refractivity contribution in [3.8, 4) is 5.75 Å². The van der Waals surface area contributed by atoms with Crippen LogP contribution in [0, 0.1) is 10.1 Å². The summed E-state index contributed by atoms with van der Waals surface area (Å²) >= 11 is 0. The van der Waals surface area contributed by atoms with Crippen LogP contribution in [0.1, 0.15) is 13.8 Å². The number of rotatable bonds is 10. The Bertz CT molecular complexity index is 1050. The molecule has 0 bridgehead atoms. The number of ether oxygens (including phenoxy) is 1. The summed E-state index contributed by atoms with van der Waals surface area (Å²) in [7, 11) is -0.200. The smallest absolute Gasteiger partial charge is 0.310 e. The molecule has 168 valence electrons. The molecule has 0 aliphatic heterocycles. The van der Waals surface area contributed by atoms with Gasteiger partial charge in [-0.1, -0.05) is 26.0 Å². The lowest BCUT2D eigenvalue weighted by molar-refractivity contribution is -0.385. The van der Waals surface area contributed by atoms with E-state index in [9.17, 15) is 23.3 Å². The molecule has 10 nitrogen and oxygen atoms in total. The molecular formula is C20H26N4O6S. The van der Waals surface area contributed by atoms with Gasteiger partial charge in [0.2, 0.25) is 10.0 Å². The Hall–Kier alpha value is -3.18.